The Morgan fingerprint density at radius 1 is 1.31 bits per heavy atom. The normalized spacial score (nSPS) is 14.2. The monoisotopic (exact) mass is 218 g/mol. The zero-order chi connectivity index (χ0) is 11.5. The summed E-state index contributed by atoms with van der Waals surface area (Å²) in [5.74, 6) is -1.05. The number of carboxylic acid groups (broad SMARTS) is 1. The van der Waals surface area contributed by atoms with Gasteiger partial charge in [0, 0.05) is 12.3 Å². The number of hydrogen-bond acceptors (Lipinski definition) is 4. The Morgan fingerprint density at radius 3 is 2.75 bits per heavy atom. The first kappa shape index (κ1) is 10.1. The molecule has 0 spiro atoms. The van der Waals surface area contributed by atoms with Gasteiger partial charge in [-0.15, -0.1) is 0 Å². The lowest BCUT2D eigenvalue weighted by Gasteiger charge is -2.25. The molecule has 0 bridgehead atoms. The van der Waals surface area contributed by atoms with Crippen LogP contribution in [0, 0.1) is 0 Å². The molecular weight excluding hydrogens is 208 g/mol. The molecule has 82 valence electrons. The van der Waals surface area contributed by atoms with E-state index in [1.807, 2.05) is 0 Å². The lowest BCUT2D eigenvalue weighted by molar-refractivity contribution is 0.0697. The maximum atomic E-state index is 11.0. The predicted molar refractivity (Wildman–Crippen MR) is 58.9 cm³/mol. The Balaban J connectivity index is 2.38. The van der Waals surface area contributed by atoms with Crippen LogP contribution in [0.15, 0.2) is 48.5 Å². The lowest BCUT2D eigenvalue weighted by atomic mass is 10.2. The fourth-order valence-electron chi connectivity index (χ4n) is 1.42. The zero-order valence-electron chi connectivity index (χ0n) is 8.29. The molecule has 0 radical (unpaired) electrons. The number of hydrogen-bond donors (Lipinski definition) is 3. The molecule has 16 heavy (non-hydrogen) atoms. The molecule has 0 amide bonds. The minimum atomic E-state index is -1.01. The maximum absolute atomic E-state index is 11.0. The van der Waals surface area contributed by atoms with Gasteiger partial charge in [0.1, 0.15) is 0 Å². The van der Waals surface area contributed by atoms with Gasteiger partial charge in [-0.1, -0.05) is 12.1 Å². The fourth-order valence-corrected chi connectivity index (χ4v) is 1.42. The van der Waals surface area contributed by atoms with Gasteiger partial charge in [-0.2, -0.15) is 0 Å². The molecule has 5 nitrogen and oxygen atoms in total. The molecule has 5 heteroatoms. The molecule has 1 aromatic rings. The summed E-state index contributed by atoms with van der Waals surface area (Å²) in [6.07, 6.45) is 4.71. The summed E-state index contributed by atoms with van der Waals surface area (Å²) in [7, 11) is 0. The van der Waals surface area contributed by atoms with Crippen LogP contribution in [0.1, 0.15) is 10.4 Å². The van der Waals surface area contributed by atoms with E-state index in [2.05, 4.69) is 5.43 Å². The Kier molecular flexibility index (Phi) is 2.51. The summed E-state index contributed by atoms with van der Waals surface area (Å²) in [6.45, 7) is 0. The second-order valence-corrected chi connectivity index (χ2v) is 3.20. The van der Waals surface area contributed by atoms with Gasteiger partial charge in [0.2, 0.25) is 5.88 Å². The summed E-state index contributed by atoms with van der Waals surface area (Å²) in [4.78, 5) is 11.0. The van der Waals surface area contributed by atoms with Crippen molar-refractivity contribution in [1.29, 1.82) is 0 Å². The van der Waals surface area contributed by atoms with Crippen LogP contribution in [0.25, 0.3) is 0 Å². The molecule has 1 aliphatic heterocycles. The van der Waals surface area contributed by atoms with Crippen molar-refractivity contribution in [3.63, 3.8) is 0 Å². The largest absolute Gasteiger partial charge is 0.494 e. The van der Waals surface area contributed by atoms with E-state index in [1.54, 1.807) is 30.5 Å². The van der Waals surface area contributed by atoms with Gasteiger partial charge in [-0.25, -0.2) is 4.79 Å². The highest BCUT2D eigenvalue weighted by Crippen LogP contribution is 2.20. The van der Waals surface area contributed by atoms with Crippen molar-refractivity contribution >= 4 is 11.7 Å². The Hall–Kier alpha value is -2.43. The van der Waals surface area contributed by atoms with Crippen LogP contribution in [0.3, 0.4) is 0 Å². The van der Waals surface area contributed by atoms with Crippen molar-refractivity contribution in [1.82, 2.24) is 5.43 Å². The van der Waals surface area contributed by atoms with E-state index in [0.29, 0.717) is 5.69 Å². The highest BCUT2D eigenvalue weighted by atomic mass is 16.4. The van der Waals surface area contributed by atoms with Gasteiger partial charge in [0.05, 0.1) is 11.3 Å². The fraction of sp³-hybridized carbons (Fsp3) is 0. The molecular formula is C11H10N2O3. The topological polar surface area (TPSA) is 72.8 Å². The number of allylic oxidation sites excluding steroid dienone is 2. The lowest BCUT2D eigenvalue weighted by Crippen LogP contribution is -2.35. The van der Waals surface area contributed by atoms with Gasteiger partial charge >= 0.3 is 5.97 Å². The van der Waals surface area contributed by atoms with Crippen molar-refractivity contribution in [3.8, 4) is 0 Å². The number of rotatable bonds is 2. The third kappa shape index (κ3) is 1.83. The van der Waals surface area contributed by atoms with Crippen molar-refractivity contribution in [2.24, 2.45) is 0 Å². The van der Waals surface area contributed by atoms with Gasteiger partial charge in [0.15, 0.2) is 0 Å². The molecule has 1 aliphatic rings. The highest BCUT2D eigenvalue weighted by molar-refractivity contribution is 5.94. The van der Waals surface area contributed by atoms with Crippen molar-refractivity contribution in [2.75, 3.05) is 5.01 Å². The molecule has 0 fully saturated rings. The number of benzene rings is 1. The number of aromatic carboxylic acids is 1. The van der Waals surface area contributed by atoms with Crippen LogP contribution < -0.4 is 10.4 Å². The van der Waals surface area contributed by atoms with E-state index >= 15 is 0 Å². The summed E-state index contributed by atoms with van der Waals surface area (Å²) < 4.78 is 0. The molecule has 0 atom stereocenters. The molecule has 0 aromatic heterocycles. The van der Waals surface area contributed by atoms with Crippen LogP contribution >= 0.6 is 0 Å². The first-order valence-electron chi connectivity index (χ1n) is 4.64. The second kappa shape index (κ2) is 3.98. The van der Waals surface area contributed by atoms with Crippen LogP contribution in [0.5, 0.6) is 0 Å². The van der Waals surface area contributed by atoms with Crippen molar-refractivity contribution in [3.05, 3.63) is 54.1 Å². The highest BCUT2D eigenvalue weighted by Gasteiger charge is 2.15. The Morgan fingerprint density at radius 2 is 2.06 bits per heavy atom. The average molecular weight is 218 g/mol. The van der Waals surface area contributed by atoms with Crippen LogP contribution in [-0.4, -0.2) is 16.2 Å². The van der Waals surface area contributed by atoms with E-state index in [1.165, 1.54) is 17.2 Å². The minimum absolute atomic E-state index is 0.0392. The molecule has 0 saturated heterocycles. The van der Waals surface area contributed by atoms with E-state index in [-0.39, 0.29) is 11.4 Å². The number of nitrogens with zero attached hydrogens (tertiary/aromatic N) is 1. The molecule has 1 aromatic carbocycles. The number of nitrogens with one attached hydrogen (secondary N) is 1. The number of aliphatic hydroxyl groups is 1. The quantitative estimate of drug-likeness (QED) is 0.703. The molecule has 1 heterocycles. The van der Waals surface area contributed by atoms with E-state index in [9.17, 15) is 9.90 Å². The Labute approximate surface area is 91.9 Å². The van der Waals surface area contributed by atoms with Crippen LogP contribution in [0.4, 0.5) is 5.69 Å². The number of anilines is 1. The molecule has 2 rings (SSSR count). The number of para-hydroxylation sites is 1. The standard InChI is InChI=1S/C11H10N2O3/c14-10-6-3-7-13(12-10)9-5-2-1-4-8(9)11(15)16/h1-7,12,14H,(H,15,16). The molecule has 0 unspecified atom stereocenters. The number of carboxylic acids is 1. The number of aliphatic hydroxyl groups excluding tert-OH is 1. The van der Waals surface area contributed by atoms with Crippen LogP contribution in [-0.2, 0) is 0 Å². The minimum Gasteiger partial charge on any atom is -0.494 e. The predicted octanol–water partition coefficient (Wildman–Crippen LogP) is 1.62. The Bertz CT molecular complexity index is 480. The van der Waals surface area contributed by atoms with E-state index < -0.39 is 5.97 Å². The van der Waals surface area contributed by atoms with Crippen LogP contribution in [0.2, 0.25) is 0 Å². The van der Waals surface area contributed by atoms with E-state index in [0.717, 1.165) is 0 Å². The number of carbonyl (C=O) groups is 1. The zero-order valence-corrected chi connectivity index (χ0v) is 8.29. The molecule has 0 aliphatic carbocycles. The van der Waals surface area contributed by atoms with Gasteiger partial charge < -0.3 is 10.2 Å². The summed E-state index contributed by atoms with van der Waals surface area (Å²) in [6, 6.07) is 6.53. The average Bonchev–Trinajstić information content (AvgIpc) is 2.29. The summed E-state index contributed by atoms with van der Waals surface area (Å²) >= 11 is 0. The van der Waals surface area contributed by atoms with E-state index in [4.69, 9.17) is 5.11 Å². The SMILES string of the molecule is O=C(O)c1ccccc1N1C=CC=C(O)N1. The smallest absolute Gasteiger partial charge is 0.337 e. The summed E-state index contributed by atoms with van der Waals surface area (Å²) in [5, 5.41) is 19.7. The maximum Gasteiger partial charge on any atom is 0.337 e. The first-order valence-corrected chi connectivity index (χ1v) is 4.64. The molecule has 3 N–H and O–H groups in total. The number of hydrazine groups is 1. The van der Waals surface area contributed by atoms with Gasteiger partial charge in [-0.05, 0) is 18.2 Å². The second-order valence-electron chi connectivity index (χ2n) is 3.20. The molecule has 0 saturated carbocycles. The summed E-state index contributed by atoms with van der Waals surface area (Å²) in [5.41, 5.74) is 3.25. The first-order chi connectivity index (χ1) is 7.68. The third-order valence-electron chi connectivity index (χ3n) is 2.12. The van der Waals surface area contributed by atoms with Crippen molar-refractivity contribution < 1.29 is 15.0 Å². The third-order valence-corrected chi connectivity index (χ3v) is 2.12. The van der Waals surface area contributed by atoms with Gasteiger partial charge in [0.25, 0.3) is 0 Å². The van der Waals surface area contributed by atoms with Gasteiger partial charge in [-0.3, -0.25) is 10.4 Å². The van der Waals surface area contributed by atoms with Crippen molar-refractivity contribution in [2.45, 2.75) is 0 Å².